The molecule has 0 aliphatic rings. The predicted molar refractivity (Wildman–Crippen MR) is 143 cm³/mol. The van der Waals surface area contributed by atoms with Gasteiger partial charge in [0.15, 0.2) is 0 Å². The number of halogens is 3. The van der Waals surface area contributed by atoms with E-state index in [0.29, 0.717) is 33.6 Å². The summed E-state index contributed by atoms with van der Waals surface area (Å²) in [6.45, 7) is 5.66. The lowest BCUT2D eigenvalue weighted by Crippen LogP contribution is -2.52. The maximum atomic E-state index is 13.6. The number of sulfonamides is 1. The Morgan fingerprint density at radius 2 is 1.60 bits per heavy atom. The molecule has 0 spiro atoms. The SMILES string of the molecule is CC[C@H](C(=O)NCC(C)C)N(Cc1ccc(Cl)cc1Cl)C(=O)CN(c1ccc(Cl)cc1)S(C)(=O)=O. The van der Waals surface area contributed by atoms with Crippen LogP contribution in [0.4, 0.5) is 5.69 Å². The molecule has 1 N–H and O–H groups in total. The molecule has 1 atom stereocenters. The van der Waals surface area contributed by atoms with E-state index in [1.165, 1.54) is 17.0 Å². The van der Waals surface area contributed by atoms with Gasteiger partial charge in [-0.15, -0.1) is 0 Å². The fourth-order valence-electron chi connectivity index (χ4n) is 3.40. The van der Waals surface area contributed by atoms with Crippen LogP contribution in [0.15, 0.2) is 42.5 Å². The van der Waals surface area contributed by atoms with Crippen LogP contribution >= 0.6 is 34.8 Å². The third-order valence-corrected chi connectivity index (χ3v) is 7.20. The van der Waals surface area contributed by atoms with Crippen LogP contribution in [0.3, 0.4) is 0 Å². The fourth-order valence-corrected chi connectivity index (χ4v) is 4.84. The molecule has 2 aromatic carbocycles. The maximum Gasteiger partial charge on any atom is 0.244 e. The van der Waals surface area contributed by atoms with Crippen molar-refractivity contribution in [2.24, 2.45) is 5.92 Å². The first kappa shape index (κ1) is 29.2. The van der Waals surface area contributed by atoms with Gasteiger partial charge in [0.05, 0.1) is 11.9 Å². The van der Waals surface area contributed by atoms with E-state index in [0.717, 1.165) is 10.6 Å². The number of rotatable bonds is 11. The normalized spacial score (nSPS) is 12.3. The Labute approximate surface area is 222 Å². The van der Waals surface area contributed by atoms with Gasteiger partial charge < -0.3 is 10.2 Å². The number of carbonyl (C=O) groups excluding carboxylic acids is 2. The van der Waals surface area contributed by atoms with Crippen molar-refractivity contribution in [2.45, 2.75) is 39.8 Å². The van der Waals surface area contributed by atoms with Crippen LogP contribution < -0.4 is 9.62 Å². The minimum absolute atomic E-state index is 0.000655. The van der Waals surface area contributed by atoms with Crippen LogP contribution in [0.25, 0.3) is 0 Å². The van der Waals surface area contributed by atoms with Crippen LogP contribution in [0.5, 0.6) is 0 Å². The van der Waals surface area contributed by atoms with E-state index < -0.39 is 28.5 Å². The monoisotopic (exact) mass is 561 g/mol. The standard InChI is InChI=1S/C24H30Cl3N3O4S/c1-5-22(24(32)28-13-16(2)3)29(14-17-6-7-19(26)12-21(17)27)23(31)15-30(35(4,33)34)20-10-8-18(25)9-11-20/h6-12,16,22H,5,13-15H2,1-4H3,(H,28,32)/t22-/m1/s1. The van der Waals surface area contributed by atoms with E-state index in [4.69, 9.17) is 34.8 Å². The summed E-state index contributed by atoms with van der Waals surface area (Å²) in [5.41, 5.74) is 0.865. The molecule has 2 aromatic rings. The molecule has 11 heteroatoms. The summed E-state index contributed by atoms with van der Waals surface area (Å²) >= 11 is 18.3. The second-order valence-corrected chi connectivity index (χ2v) is 11.8. The molecule has 0 saturated carbocycles. The zero-order chi connectivity index (χ0) is 26.3. The Bertz CT molecular complexity index is 1140. The Morgan fingerprint density at radius 1 is 1.00 bits per heavy atom. The van der Waals surface area contributed by atoms with E-state index in [9.17, 15) is 18.0 Å². The molecule has 0 unspecified atom stereocenters. The largest absolute Gasteiger partial charge is 0.354 e. The van der Waals surface area contributed by atoms with Gasteiger partial charge in [-0.3, -0.25) is 13.9 Å². The van der Waals surface area contributed by atoms with Crippen molar-refractivity contribution >= 4 is 62.3 Å². The fraction of sp³-hybridized carbons (Fsp3) is 0.417. The zero-order valence-electron chi connectivity index (χ0n) is 20.1. The lowest BCUT2D eigenvalue weighted by atomic mass is 10.1. The smallest absolute Gasteiger partial charge is 0.244 e. The number of benzene rings is 2. The zero-order valence-corrected chi connectivity index (χ0v) is 23.2. The van der Waals surface area contributed by atoms with Crippen LogP contribution in [0, 0.1) is 5.92 Å². The van der Waals surface area contributed by atoms with Crippen LogP contribution in [-0.2, 0) is 26.2 Å². The van der Waals surface area contributed by atoms with E-state index in [1.807, 2.05) is 13.8 Å². The van der Waals surface area contributed by atoms with Gasteiger partial charge in [-0.2, -0.15) is 0 Å². The highest BCUT2D eigenvalue weighted by Crippen LogP contribution is 2.25. The summed E-state index contributed by atoms with van der Waals surface area (Å²) in [6, 6.07) is 10.2. The first-order valence-corrected chi connectivity index (χ1v) is 14.1. The molecule has 35 heavy (non-hydrogen) atoms. The molecule has 192 valence electrons. The van der Waals surface area contributed by atoms with Crippen LogP contribution in [0.2, 0.25) is 15.1 Å². The molecule has 0 radical (unpaired) electrons. The molecule has 2 rings (SSSR count). The van der Waals surface area contributed by atoms with Crippen molar-refractivity contribution in [1.29, 1.82) is 0 Å². The summed E-state index contributed by atoms with van der Waals surface area (Å²) in [7, 11) is -3.82. The first-order chi connectivity index (χ1) is 16.3. The van der Waals surface area contributed by atoms with E-state index in [-0.39, 0.29) is 24.1 Å². The van der Waals surface area contributed by atoms with Gasteiger partial charge in [0.1, 0.15) is 12.6 Å². The highest BCUT2D eigenvalue weighted by Gasteiger charge is 2.32. The average molecular weight is 563 g/mol. The van der Waals surface area contributed by atoms with Gasteiger partial charge in [0, 0.05) is 28.2 Å². The van der Waals surface area contributed by atoms with Gasteiger partial charge in [-0.25, -0.2) is 8.42 Å². The summed E-state index contributed by atoms with van der Waals surface area (Å²) < 4.78 is 26.2. The molecule has 0 aliphatic carbocycles. The molecule has 0 aliphatic heterocycles. The number of anilines is 1. The third kappa shape index (κ3) is 8.56. The topological polar surface area (TPSA) is 86.8 Å². The van der Waals surface area contributed by atoms with Crippen LogP contribution in [0.1, 0.15) is 32.8 Å². The Hall–Kier alpha value is -2.00. The Balaban J connectivity index is 2.44. The lowest BCUT2D eigenvalue weighted by Gasteiger charge is -2.33. The van der Waals surface area contributed by atoms with Crippen LogP contribution in [-0.4, -0.2) is 50.5 Å². The molecule has 2 amide bonds. The van der Waals surface area contributed by atoms with Gasteiger partial charge in [-0.05, 0) is 54.3 Å². The second kappa shape index (κ2) is 12.8. The quantitative estimate of drug-likeness (QED) is 0.418. The number of amides is 2. The Kier molecular flexibility index (Phi) is 10.7. The van der Waals surface area contributed by atoms with Gasteiger partial charge >= 0.3 is 0 Å². The van der Waals surface area contributed by atoms with Crippen molar-refractivity contribution in [2.75, 3.05) is 23.7 Å². The van der Waals surface area contributed by atoms with Gasteiger partial charge in [0.2, 0.25) is 21.8 Å². The number of hydrogen-bond donors (Lipinski definition) is 1. The van der Waals surface area contributed by atoms with E-state index in [1.54, 1.807) is 37.3 Å². The maximum absolute atomic E-state index is 13.6. The molecule has 7 nitrogen and oxygen atoms in total. The van der Waals surface area contributed by atoms with E-state index in [2.05, 4.69) is 5.32 Å². The minimum atomic E-state index is -3.82. The first-order valence-electron chi connectivity index (χ1n) is 11.1. The van der Waals surface area contributed by atoms with Crippen molar-refractivity contribution in [3.63, 3.8) is 0 Å². The summed E-state index contributed by atoms with van der Waals surface area (Å²) in [5, 5.41) is 4.07. The predicted octanol–water partition coefficient (Wildman–Crippen LogP) is 4.99. The van der Waals surface area contributed by atoms with Crippen molar-refractivity contribution < 1.29 is 18.0 Å². The second-order valence-electron chi connectivity index (χ2n) is 8.57. The molecular weight excluding hydrogens is 533 g/mol. The van der Waals surface area contributed by atoms with Crippen molar-refractivity contribution in [3.8, 4) is 0 Å². The number of nitrogens with one attached hydrogen (secondary N) is 1. The highest BCUT2D eigenvalue weighted by atomic mass is 35.5. The summed E-state index contributed by atoms with van der Waals surface area (Å²) in [6.07, 6.45) is 1.34. The lowest BCUT2D eigenvalue weighted by molar-refractivity contribution is -0.140. The molecule has 0 bridgehead atoms. The average Bonchev–Trinajstić information content (AvgIpc) is 2.77. The molecule has 0 fully saturated rings. The Morgan fingerprint density at radius 3 is 2.11 bits per heavy atom. The number of nitrogens with zero attached hydrogens (tertiary/aromatic N) is 2. The van der Waals surface area contributed by atoms with Gasteiger partial charge in [-0.1, -0.05) is 61.6 Å². The molecule has 0 aromatic heterocycles. The summed E-state index contributed by atoms with van der Waals surface area (Å²) in [5.74, 6) is -0.656. The van der Waals surface area contributed by atoms with E-state index >= 15 is 0 Å². The van der Waals surface area contributed by atoms with Crippen molar-refractivity contribution in [3.05, 3.63) is 63.1 Å². The molecular formula is C24H30Cl3N3O4S. The molecule has 0 heterocycles. The minimum Gasteiger partial charge on any atom is -0.354 e. The molecule has 0 saturated heterocycles. The highest BCUT2D eigenvalue weighted by molar-refractivity contribution is 7.92. The number of carbonyl (C=O) groups is 2. The summed E-state index contributed by atoms with van der Waals surface area (Å²) in [4.78, 5) is 28.0. The third-order valence-electron chi connectivity index (χ3n) is 5.22. The number of hydrogen-bond acceptors (Lipinski definition) is 4. The van der Waals surface area contributed by atoms with Crippen molar-refractivity contribution in [1.82, 2.24) is 10.2 Å². The van der Waals surface area contributed by atoms with Gasteiger partial charge in [0.25, 0.3) is 0 Å².